The van der Waals surface area contributed by atoms with E-state index in [4.69, 9.17) is 11.6 Å². The van der Waals surface area contributed by atoms with Crippen molar-refractivity contribution < 1.29 is 9.72 Å². The van der Waals surface area contributed by atoms with Crippen LogP contribution in [0.5, 0.6) is 0 Å². The monoisotopic (exact) mass is 272 g/mol. The zero-order valence-corrected chi connectivity index (χ0v) is 10.5. The van der Waals surface area contributed by atoms with E-state index in [1.165, 1.54) is 12.1 Å². The summed E-state index contributed by atoms with van der Waals surface area (Å²) in [6.45, 7) is 2.40. The van der Waals surface area contributed by atoms with E-state index < -0.39 is 4.92 Å². The highest BCUT2D eigenvalue weighted by Gasteiger charge is 2.16. The number of amides is 1. The highest BCUT2D eigenvalue weighted by molar-refractivity contribution is 6.29. The third-order valence-corrected chi connectivity index (χ3v) is 2.24. The van der Waals surface area contributed by atoms with Gasteiger partial charge in [-0.3, -0.25) is 14.9 Å². The normalized spacial score (nSPS) is 9.89. The average molecular weight is 273 g/mol. The lowest BCUT2D eigenvalue weighted by molar-refractivity contribution is -0.384. The molecule has 1 rings (SSSR count). The molecule has 0 aliphatic rings. The van der Waals surface area contributed by atoms with E-state index in [-0.39, 0.29) is 29.1 Å². The first-order valence-corrected chi connectivity index (χ1v) is 5.74. The lowest BCUT2D eigenvalue weighted by Gasteiger charge is -2.06. The van der Waals surface area contributed by atoms with Gasteiger partial charge in [-0.15, -0.1) is 0 Å². The molecular weight excluding hydrogens is 260 g/mol. The Morgan fingerprint density at radius 2 is 2.28 bits per heavy atom. The summed E-state index contributed by atoms with van der Waals surface area (Å²) in [7, 11) is 0. The molecule has 0 aliphatic heterocycles. The van der Waals surface area contributed by atoms with Crippen LogP contribution < -0.4 is 10.6 Å². The number of rotatable bonds is 6. The van der Waals surface area contributed by atoms with Crippen molar-refractivity contribution in [3.63, 3.8) is 0 Å². The molecule has 0 aromatic carbocycles. The van der Waals surface area contributed by atoms with Gasteiger partial charge in [0.15, 0.2) is 0 Å². The summed E-state index contributed by atoms with van der Waals surface area (Å²) in [6.07, 6.45) is 0.821. The molecule has 0 atom stereocenters. The largest absolute Gasteiger partial charge is 0.355 e. The Morgan fingerprint density at radius 3 is 2.89 bits per heavy atom. The Hall–Kier alpha value is -1.89. The van der Waals surface area contributed by atoms with Gasteiger partial charge in [0.1, 0.15) is 5.15 Å². The number of nitro groups is 1. The van der Waals surface area contributed by atoms with Crippen LogP contribution in [-0.4, -0.2) is 28.9 Å². The Kier molecular flexibility index (Phi) is 5.31. The van der Waals surface area contributed by atoms with Crippen molar-refractivity contribution in [3.05, 3.63) is 27.4 Å². The molecule has 0 spiro atoms. The zero-order valence-electron chi connectivity index (χ0n) is 9.77. The Labute approximate surface area is 109 Å². The second-order valence-corrected chi connectivity index (χ2v) is 3.85. The molecule has 8 heteroatoms. The summed E-state index contributed by atoms with van der Waals surface area (Å²) in [4.78, 5) is 25.3. The molecule has 0 saturated carbocycles. The minimum Gasteiger partial charge on any atom is -0.355 e. The van der Waals surface area contributed by atoms with Crippen molar-refractivity contribution in [3.8, 4) is 0 Å². The summed E-state index contributed by atoms with van der Waals surface area (Å²) in [5.74, 6) is -0.271. The number of aromatic nitrogens is 1. The molecule has 0 radical (unpaired) electrons. The van der Waals surface area contributed by atoms with E-state index in [0.29, 0.717) is 6.54 Å². The van der Waals surface area contributed by atoms with Gasteiger partial charge >= 0.3 is 5.69 Å². The van der Waals surface area contributed by atoms with Gasteiger partial charge < -0.3 is 10.6 Å². The maximum atomic E-state index is 11.3. The molecule has 1 amide bonds. The number of carbonyl (C=O) groups excluding carboxylic acids is 1. The molecule has 0 aliphatic carbocycles. The van der Waals surface area contributed by atoms with E-state index in [0.717, 1.165) is 6.42 Å². The summed E-state index contributed by atoms with van der Waals surface area (Å²) >= 11 is 5.65. The molecule has 0 saturated heterocycles. The molecule has 1 heterocycles. The molecule has 2 N–H and O–H groups in total. The van der Waals surface area contributed by atoms with Crippen molar-refractivity contribution in [2.75, 3.05) is 18.4 Å². The van der Waals surface area contributed by atoms with Crippen LogP contribution in [0.25, 0.3) is 0 Å². The van der Waals surface area contributed by atoms with E-state index in [1.807, 2.05) is 6.92 Å². The van der Waals surface area contributed by atoms with Crippen LogP contribution in [0.4, 0.5) is 11.5 Å². The van der Waals surface area contributed by atoms with Crippen LogP contribution in [0.1, 0.15) is 13.3 Å². The Balaban J connectivity index is 2.68. The first-order valence-electron chi connectivity index (χ1n) is 5.36. The van der Waals surface area contributed by atoms with E-state index >= 15 is 0 Å². The van der Waals surface area contributed by atoms with Gasteiger partial charge in [0, 0.05) is 12.6 Å². The predicted octanol–water partition coefficient (Wildman–Crippen LogP) is 1.58. The summed E-state index contributed by atoms with van der Waals surface area (Å²) < 4.78 is 0. The maximum absolute atomic E-state index is 11.3. The van der Waals surface area contributed by atoms with Gasteiger partial charge in [0.05, 0.1) is 11.5 Å². The third-order valence-electron chi connectivity index (χ3n) is 2.03. The average Bonchev–Trinajstić information content (AvgIpc) is 2.33. The molecule has 7 nitrogen and oxygen atoms in total. The summed E-state index contributed by atoms with van der Waals surface area (Å²) in [5.41, 5.74) is -0.220. The van der Waals surface area contributed by atoms with Crippen LogP contribution in [0.15, 0.2) is 12.1 Å². The van der Waals surface area contributed by atoms with Gasteiger partial charge in [-0.25, -0.2) is 4.98 Å². The fraction of sp³-hybridized carbons (Fsp3) is 0.400. The molecule has 0 bridgehead atoms. The third kappa shape index (κ3) is 4.17. The number of halogens is 1. The summed E-state index contributed by atoms with van der Waals surface area (Å²) in [6, 6.07) is 2.56. The highest BCUT2D eigenvalue weighted by atomic mass is 35.5. The van der Waals surface area contributed by atoms with Crippen LogP contribution in [-0.2, 0) is 4.79 Å². The first kappa shape index (κ1) is 14.2. The number of hydrogen-bond donors (Lipinski definition) is 2. The van der Waals surface area contributed by atoms with Gasteiger partial charge in [0.2, 0.25) is 11.7 Å². The number of pyridine rings is 1. The lowest BCUT2D eigenvalue weighted by Crippen LogP contribution is -2.30. The van der Waals surface area contributed by atoms with Crippen LogP contribution in [0, 0.1) is 10.1 Å². The van der Waals surface area contributed by atoms with Gasteiger partial charge in [-0.05, 0) is 12.5 Å². The molecule has 1 aromatic heterocycles. The minimum absolute atomic E-state index is 0.0147. The predicted molar refractivity (Wildman–Crippen MR) is 67.7 cm³/mol. The van der Waals surface area contributed by atoms with Crippen molar-refractivity contribution >= 4 is 29.0 Å². The minimum atomic E-state index is -0.588. The topological polar surface area (TPSA) is 97.2 Å². The lowest BCUT2D eigenvalue weighted by atomic mass is 10.4. The fourth-order valence-electron chi connectivity index (χ4n) is 1.20. The quantitative estimate of drug-likeness (QED) is 0.465. The van der Waals surface area contributed by atoms with Crippen molar-refractivity contribution in [1.82, 2.24) is 10.3 Å². The van der Waals surface area contributed by atoms with Gasteiger partial charge in [0.25, 0.3) is 0 Å². The molecule has 98 valence electrons. The van der Waals surface area contributed by atoms with Crippen LogP contribution in [0.2, 0.25) is 5.15 Å². The number of nitrogens with one attached hydrogen (secondary N) is 2. The summed E-state index contributed by atoms with van der Waals surface area (Å²) in [5, 5.41) is 16.1. The highest BCUT2D eigenvalue weighted by Crippen LogP contribution is 2.23. The SMILES string of the molecule is CCCNC(=O)CNc1nc(Cl)ccc1[N+](=O)[O-]. The Bertz CT molecular complexity index is 453. The number of carbonyl (C=O) groups is 1. The molecular formula is C10H13ClN4O3. The van der Waals surface area contributed by atoms with Crippen molar-refractivity contribution in [1.29, 1.82) is 0 Å². The molecule has 18 heavy (non-hydrogen) atoms. The smallest absolute Gasteiger partial charge is 0.311 e. The Morgan fingerprint density at radius 1 is 1.56 bits per heavy atom. The number of anilines is 1. The first-order chi connectivity index (χ1) is 8.54. The molecule has 1 aromatic rings. The maximum Gasteiger partial charge on any atom is 0.311 e. The van der Waals surface area contributed by atoms with Gasteiger partial charge in [-0.1, -0.05) is 18.5 Å². The fourth-order valence-corrected chi connectivity index (χ4v) is 1.34. The van der Waals surface area contributed by atoms with E-state index in [9.17, 15) is 14.9 Å². The van der Waals surface area contributed by atoms with Crippen molar-refractivity contribution in [2.24, 2.45) is 0 Å². The van der Waals surface area contributed by atoms with Crippen LogP contribution in [0.3, 0.4) is 0 Å². The molecule has 0 fully saturated rings. The van der Waals surface area contributed by atoms with Crippen LogP contribution >= 0.6 is 11.6 Å². The number of nitrogens with zero attached hydrogens (tertiary/aromatic N) is 2. The number of hydrogen-bond acceptors (Lipinski definition) is 5. The van der Waals surface area contributed by atoms with Crippen molar-refractivity contribution in [2.45, 2.75) is 13.3 Å². The second-order valence-electron chi connectivity index (χ2n) is 3.46. The van der Waals surface area contributed by atoms with E-state index in [1.54, 1.807) is 0 Å². The van der Waals surface area contributed by atoms with Gasteiger partial charge in [-0.2, -0.15) is 0 Å². The second kappa shape index (κ2) is 6.75. The standard InChI is InChI=1S/C10H13ClN4O3/c1-2-5-12-9(16)6-13-10-7(15(17)18)3-4-8(11)14-10/h3-4H,2,5-6H2,1H3,(H,12,16)(H,13,14). The van der Waals surface area contributed by atoms with E-state index in [2.05, 4.69) is 15.6 Å². The molecule has 0 unspecified atom stereocenters. The zero-order chi connectivity index (χ0) is 13.5.